The second-order valence-corrected chi connectivity index (χ2v) is 4.95. The Hall–Kier alpha value is -1.59. The van der Waals surface area contributed by atoms with E-state index >= 15 is 0 Å². The molecule has 0 saturated heterocycles. The molecular weight excluding hydrogens is 308 g/mol. The van der Waals surface area contributed by atoms with Gasteiger partial charge in [-0.15, -0.1) is 0 Å². The number of aromatic nitrogens is 2. The predicted octanol–water partition coefficient (Wildman–Crippen LogP) is 4.58. The van der Waals surface area contributed by atoms with Gasteiger partial charge in [-0.3, -0.25) is 0 Å². The van der Waals surface area contributed by atoms with Gasteiger partial charge in [-0.2, -0.15) is 0 Å². The van der Waals surface area contributed by atoms with E-state index in [0.717, 1.165) is 17.5 Å². The molecule has 0 amide bonds. The van der Waals surface area contributed by atoms with E-state index < -0.39 is 0 Å². The zero-order chi connectivity index (χ0) is 14.5. The number of aromatic amines is 1. The van der Waals surface area contributed by atoms with Crippen LogP contribution in [0.3, 0.4) is 0 Å². The first-order valence-corrected chi connectivity index (χ1v) is 6.96. The van der Waals surface area contributed by atoms with Crippen LogP contribution in [0.1, 0.15) is 25.5 Å². The molecule has 6 heteroatoms. The lowest BCUT2D eigenvalue weighted by atomic mass is 10.2. The van der Waals surface area contributed by atoms with Crippen LogP contribution >= 0.6 is 23.8 Å². The van der Waals surface area contributed by atoms with E-state index in [0.29, 0.717) is 28.0 Å². The molecule has 21 heavy (non-hydrogen) atoms. The third-order valence-electron chi connectivity index (χ3n) is 2.83. The minimum Gasteiger partial charge on any atom is -0.495 e. The summed E-state index contributed by atoms with van der Waals surface area (Å²) >= 11 is 11.1. The summed E-state index contributed by atoms with van der Waals surface area (Å²) in [6, 6.07) is 5.55. The van der Waals surface area contributed by atoms with Gasteiger partial charge >= 0.3 is 0 Å². The molecule has 4 nitrogen and oxygen atoms in total. The van der Waals surface area contributed by atoms with Gasteiger partial charge in [-0.25, -0.2) is 4.98 Å². The Morgan fingerprint density at radius 1 is 1.38 bits per heavy atom. The van der Waals surface area contributed by atoms with Gasteiger partial charge < -0.3 is 14.5 Å². The first kappa shape index (κ1) is 17.5. The molecule has 1 heterocycles. The van der Waals surface area contributed by atoms with E-state index in [9.17, 15) is 0 Å². The van der Waals surface area contributed by atoms with Crippen molar-refractivity contribution in [1.29, 1.82) is 0 Å². The molecule has 2 rings (SSSR count). The Bertz CT molecular complexity index is 658. The van der Waals surface area contributed by atoms with Gasteiger partial charge in [0.05, 0.1) is 12.1 Å². The molecule has 114 valence electrons. The minimum absolute atomic E-state index is 0. The topological polar surface area (TPSA) is 47.1 Å². The van der Waals surface area contributed by atoms with Gasteiger partial charge in [0.15, 0.2) is 10.7 Å². The number of aryl methyl sites for hydroxylation is 1. The Kier molecular flexibility index (Phi) is 6.65. The molecule has 0 fully saturated rings. The number of ether oxygens (including phenoxy) is 2. The fraction of sp³-hybridized carbons (Fsp3) is 0.333. The molecule has 1 aromatic heterocycles. The van der Waals surface area contributed by atoms with Crippen LogP contribution in [-0.4, -0.2) is 17.1 Å². The maximum absolute atomic E-state index is 6.08. The smallest absolute Gasteiger partial charge is 0.199 e. The van der Waals surface area contributed by atoms with Gasteiger partial charge in [0.25, 0.3) is 0 Å². The molecule has 1 N–H and O–H groups in total. The Labute approximate surface area is 135 Å². The summed E-state index contributed by atoms with van der Waals surface area (Å²) in [7, 11) is 1.59. The van der Waals surface area contributed by atoms with Gasteiger partial charge in [0.1, 0.15) is 12.4 Å². The third kappa shape index (κ3) is 4.44. The van der Waals surface area contributed by atoms with E-state index in [2.05, 4.69) is 9.97 Å². The quantitative estimate of drug-likeness (QED) is 0.817. The van der Waals surface area contributed by atoms with Crippen molar-refractivity contribution in [2.24, 2.45) is 0 Å². The summed E-state index contributed by atoms with van der Waals surface area (Å²) < 4.78 is 11.3. The van der Waals surface area contributed by atoms with Crippen LogP contribution < -0.4 is 9.47 Å². The summed E-state index contributed by atoms with van der Waals surface area (Å²) in [5.74, 6) is 1.30. The molecular formula is C15H19ClN2O2S. The standard InChI is InChI=1S/C14H15ClN2O2S.CH4/c1-3-10-7-16-14(20)17-13(10)19-8-9-4-5-12(18-2)11(15)6-9;/h4-7H,3,8H2,1-2H3,(H,16,17,20);1H4. The molecule has 2 aromatic rings. The van der Waals surface area contributed by atoms with E-state index in [1.807, 2.05) is 25.1 Å². The normalized spacial score (nSPS) is 9.86. The molecule has 0 unspecified atom stereocenters. The highest BCUT2D eigenvalue weighted by Gasteiger charge is 2.06. The summed E-state index contributed by atoms with van der Waals surface area (Å²) in [5.41, 5.74) is 1.94. The molecule has 0 aliphatic heterocycles. The maximum Gasteiger partial charge on any atom is 0.199 e. The lowest BCUT2D eigenvalue weighted by Crippen LogP contribution is -2.02. The third-order valence-corrected chi connectivity index (χ3v) is 3.33. The first-order valence-electron chi connectivity index (χ1n) is 6.17. The van der Waals surface area contributed by atoms with Gasteiger partial charge in [-0.05, 0) is 36.3 Å². The number of benzene rings is 1. The predicted molar refractivity (Wildman–Crippen MR) is 87.9 cm³/mol. The van der Waals surface area contributed by atoms with E-state index in [-0.39, 0.29) is 7.43 Å². The molecule has 0 atom stereocenters. The van der Waals surface area contributed by atoms with Crippen molar-refractivity contribution in [3.63, 3.8) is 0 Å². The highest BCUT2D eigenvalue weighted by Crippen LogP contribution is 2.25. The zero-order valence-corrected chi connectivity index (χ0v) is 12.8. The van der Waals surface area contributed by atoms with E-state index in [1.54, 1.807) is 13.3 Å². The van der Waals surface area contributed by atoms with Gasteiger partial charge in [-0.1, -0.05) is 32.0 Å². The Morgan fingerprint density at radius 2 is 2.14 bits per heavy atom. The largest absolute Gasteiger partial charge is 0.495 e. The van der Waals surface area contributed by atoms with Crippen molar-refractivity contribution in [2.45, 2.75) is 27.4 Å². The number of H-pyrrole nitrogens is 1. The van der Waals surface area contributed by atoms with Gasteiger partial charge in [0, 0.05) is 11.8 Å². The second-order valence-electron chi connectivity index (χ2n) is 4.15. The molecule has 0 spiro atoms. The fourth-order valence-electron chi connectivity index (χ4n) is 1.74. The van der Waals surface area contributed by atoms with E-state index in [4.69, 9.17) is 33.3 Å². The summed E-state index contributed by atoms with van der Waals surface area (Å²) in [6.07, 6.45) is 2.55. The van der Waals surface area contributed by atoms with Crippen molar-refractivity contribution in [3.8, 4) is 11.6 Å². The zero-order valence-electron chi connectivity index (χ0n) is 11.3. The number of halogens is 1. The van der Waals surface area contributed by atoms with Crippen LogP contribution in [0.2, 0.25) is 5.02 Å². The maximum atomic E-state index is 6.08. The Balaban J connectivity index is 0.00000220. The van der Waals surface area contributed by atoms with Crippen LogP contribution in [0.25, 0.3) is 0 Å². The van der Waals surface area contributed by atoms with Crippen molar-refractivity contribution < 1.29 is 9.47 Å². The lowest BCUT2D eigenvalue weighted by molar-refractivity contribution is 0.289. The highest BCUT2D eigenvalue weighted by atomic mass is 35.5. The number of hydrogen-bond acceptors (Lipinski definition) is 4. The van der Waals surface area contributed by atoms with Crippen LogP contribution in [0, 0.1) is 4.77 Å². The number of hydrogen-bond donors (Lipinski definition) is 1. The first-order chi connectivity index (χ1) is 9.63. The average Bonchev–Trinajstić information content (AvgIpc) is 2.45. The van der Waals surface area contributed by atoms with Crippen LogP contribution in [0.15, 0.2) is 24.4 Å². The molecule has 0 aliphatic carbocycles. The second kappa shape index (κ2) is 8.00. The summed E-state index contributed by atoms with van der Waals surface area (Å²) in [4.78, 5) is 7.00. The SMILES string of the molecule is C.CCc1cnc(=S)[nH]c1OCc1ccc(OC)c(Cl)c1. The van der Waals surface area contributed by atoms with Crippen LogP contribution in [0.4, 0.5) is 0 Å². The average molecular weight is 327 g/mol. The molecule has 0 bridgehead atoms. The summed E-state index contributed by atoms with van der Waals surface area (Å²) in [6.45, 7) is 2.43. The highest BCUT2D eigenvalue weighted by molar-refractivity contribution is 7.71. The van der Waals surface area contributed by atoms with Crippen molar-refractivity contribution in [2.75, 3.05) is 7.11 Å². The fourth-order valence-corrected chi connectivity index (χ4v) is 2.17. The Morgan fingerprint density at radius 3 is 2.76 bits per heavy atom. The molecule has 0 saturated carbocycles. The van der Waals surface area contributed by atoms with Gasteiger partial charge in [0.2, 0.25) is 0 Å². The number of rotatable bonds is 5. The number of methoxy groups -OCH3 is 1. The van der Waals surface area contributed by atoms with Crippen molar-refractivity contribution in [3.05, 3.63) is 45.3 Å². The molecule has 0 radical (unpaired) electrons. The molecule has 1 aromatic carbocycles. The minimum atomic E-state index is 0. The van der Waals surface area contributed by atoms with E-state index in [1.165, 1.54) is 0 Å². The van der Waals surface area contributed by atoms with Crippen molar-refractivity contribution >= 4 is 23.8 Å². The number of nitrogens with one attached hydrogen (secondary N) is 1. The van der Waals surface area contributed by atoms with Crippen molar-refractivity contribution in [1.82, 2.24) is 9.97 Å². The lowest BCUT2D eigenvalue weighted by Gasteiger charge is -2.10. The number of nitrogens with zero attached hydrogens (tertiary/aromatic N) is 1. The van der Waals surface area contributed by atoms with Crippen LogP contribution in [-0.2, 0) is 13.0 Å². The summed E-state index contributed by atoms with van der Waals surface area (Å²) in [5, 5.41) is 0.562. The molecule has 0 aliphatic rings. The van der Waals surface area contributed by atoms with Crippen LogP contribution in [0.5, 0.6) is 11.6 Å². The monoisotopic (exact) mass is 326 g/mol.